The van der Waals surface area contributed by atoms with Gasteiger partial charge in [-0.05, 0) is 43.4 Å². The van der Waals surface area contributed by atoms with E-state index in [9.17, 15) is 43.2 Å². The molecule has 0 aromatic heterocycles. The average Bonchev–Trinajstić information content (AvgIpc) is 0.955. The smallest absolute Gasteiger partial charge is 0.462 e. The summed E-state index contributed by atoms with van der Waals surface area (Å²) in [5, 5.41) is 10.6. The van der Waals surface area contributed by atoms with Crippen LogP contribution in [0.3, 0.4) is 0 Å². The molecule has 0 amide bonds. The molecule has 0 saturated carbocycles. The molecule has 0 rings (SSSR count). The molecule has 594 valence electrons. The zero-order chi connectivity index (χ0) is 73.7. The van der Waals surface area contributed by atoms with E-state index in [4.69, 9.17) is 37.0 Å². The quantitative estimate of drug-likeness (QED) is 0.0222. The lowest BCUT2D eigenvalue weighted by molar-refractivity contribution is -0.161. The molecule has 6 atom stereocenters. The summed E-state index contributed by atoms with van der Waals surface area (Å²) in [6.45, 7) is 12.0. The Morgan fingerprint density at radius 3 is 0.760 bits per heavy atom. The van der Waals surface area contributed by atoms with Gasteiger partial charge >= 0.3 is 39.5 Å². The van der Waals surface area contributed by atoms with Gasteiger partial charge in [-0.15, -0.1) is 0 Å². The number of unbranched alkanes of at least 4 members (excludes halogenated alkanes) is 46. The van der Waals surface area contributed by atoms with Gasteiger partial charge < -0.3 is 33.8 Å². The second-order valence-corrected chi connectivity index (χ2v) is 33.3. The van der Waals surface area contributed by atoms with Crippen molar-refractivity contribution in [2.24, 2.45) is 17.8 Å². The van der Waals surface area contributed by atoms with Gasteiger partial charge in [0, 0.05) is 25.7 Å². The van der Waals surface area contributed by atoms with Crippen molar-refractivity contribution >= 4 is 39.5 Å². The van der Waals surface area contributed by atoms with Gasteiger partial charge in [-0.25, -0.2) is 9.13 Å². The lowest BCUT2D eigenvalue weighted by Crippen LogP contribution is -2.30. The molecule has 0 saturated heterocycles. The number of carbonyl (C=O) groups is 4. The van der Waals surface area contributed by atoms with Crippen LogP contribution in [0.25, 0.3) is 0 Å². The van der Waals surface area contributed by atoms with E-state index in [1.165, 1.54) is 231 Å². The van der Waals surface area contributed by atoms with Crippen LogP contribution in [0, 0.1) is 17.8 Å². The van der Waals surface area contributed by atoms with Crippen molar-refractivity contribution in [3.63, 3.8) is 0 Å². The summed E-state index contributed by atoms with van der Waals surface area (Å²) in [5.41, 5.74) is 0. The van der Waals surface area contributed by atoms with Crippen molar-refractivity contribution in [3.8, 4) is 0 Å². The Hall–Kier alpha value is -1.94. The van der Waals surface area contributed by atoms with Crippen LogP contribution in [0.5, 0.6) is 0 Å². The second kappa shape index (κ2) is 71.3. The van der Waals surface area contributed by atoms with Crippen LogP contribution in [0.2, 0.25) is 0 Å². The highest BCUT2D eigenvalue weighted by molar-refractivity contribution is 7.47. The monoisotopic (exact) mass is 1470 g/mol. The Bertz CT molecular complexity index is 1940. The Morgan fingerprint density at radius 1 is 0.290 bits per heavy atom. The molecule has 0 aliphatic carbocycles. The molecule has 17 nitrogen and oxygen atoms in total. The van der Waals surface area contributed by atoms with Crippen molar-refractivity contribution in [1.82, 2.24) is 0 Å². The Kier molecular flexibility index (Phi) is 69.9. The Morgan fingerprint density at radius 2 is 0.510 bits per heavy atom. The normalized spacial score (nSPS) is 14.2. The van der Waals surface area contributed by atoms with Crippen molar-refractivity contribution in [2.45, 2.75) is 439 Å². The molecule has 0 bridgehead atoms. The van der Waals surface area contributed by atoms with Crippen molar-refractivity contribution in [2.75, 3.05) is 39.6 Å². The number of aliphatic hydroxyl groups excluding tert-OH is 1. The molecule has 3 unspecified atom stereocenters. The fraction of sp³-hybridized carbons (Fsp3) is 0.951. The number of hydrogen-bond acceptors (Lipinski definition) is 15. The number of phosphoric acid groups is 2. The highest BCUT2D eigenvalue weighted by atomic mass is 31.2. The van der Waals surface area contributed by atoms with Crippen molar-refractivity contribution in [3.05, 3.63) is 0 Å². The first-order valence-electron chi connectivity index (χ1n) is 41.9. The van der Waals surface area contributed by atoms with Crippen LogP contribution in [-0.2, 0) is 65.4 Å². The maximum Gasteiger partial charge on any atom is 0.472 e. The number of rotatable bonds is 79. The van der Waals surface area contributed by atoms with E-state index in [1.807, 2.05) is 0 Å². The average molecular weight is 1470 g/mol. The lowest BCUT2D eigenvalue weighted by atomic mass is 9.99. The molecule has 0 aromatic carbocycles. The summed E-state index contributed by atoms with van der Waals surface area (Å²) in [5.74, 6) is 0.228. The lowest BCUT2D eigenvalue weighted by Gasteiger charge is -2.21. The molecule has 0 radical (unpaired) electrons. The molecule has 0 aromatic rings. The summed E-state index contributed by atoms with van der Waals surface area (Å²) < 4.78 is 68.7. The molecular weight excluding hydrogens is 1310 g/mol. The minimum atomic E-state index is -4.96. The Balaban J connectivity index is 5.26. The maximum atomic E-state index is 13.1. The van der Waals surface area contributed by atoms with E-state index in [-0.39, 0.29) is 25.7 Å². The van der Waals surface area contributed by atoms with E-state index in [0.29, 0.717) is 25.7 Å². The molecular formula is C81H158O17P2. The molecule has 0 spiro atoms. The third-order valence-electron chi connectivity index (χ3n) is 19.2. The number of phosphoric ester groups is 2. The number of esters is 4. The van der Waals surface area contributed by atoms with Crippen LogP contribution in [0.15, 0.2) is 0 Å². The highest BCUT2D eigenvalue weighted by Crippen LogP contribution is 2.45. The van der Waals surface area contributed by atoms with Gasteiger partial charge in [0.1, 0.15) is 19.3 Å². The molecule has 100 heavy (non-hydrogen) atoms. The summed E-state index contributed by atoms with van der Waals surface area (Å²) in [4.78, 5) is 73.0. The van der Waals surface area contributed by atoms with Gasteiger partial charge in [0.05, 0.1) is 26.4 Å². The van der Waals surface area contributed by atoms with Crippen LogP contribution < -0.4 is 0 Å². The standard InChI is InChI=1S/C81H158O17P2/c1-8-10-11-12-13-14-15-16-17-21-24-27-33-41-48-55-62-78(83)91-68-76(97-80(85)64-57-50-43-34-28-25-22-19-18-20-23-26-31-38-45-52-59-72(3)4)70-95-99(87,88)93-66-75(82)67-94-100(89,90)96-71-77(69-92-79(84)63-56-49-42-37-36-39-46-53-60-73(5)6)98-81(86)65-58-51-44-35-30-29-32-40-47-54-61-74(7)9-2/h72-77,82H,8-71H2,1-7H3,(H,87,88)(H,89,90)/t74?,75-,76-,77-/m1/s1. The summed E-state index contributed by atoms with van der Waals surface area (Å²) in [6.07, 6.45) is 59.6. The number of aliphatic hydroxyl groups is 1. The van der Waals surface area contributed by atoms with Crippen LogP contribution >= 0.6 is 15.6 Å². The van der Waals surface area contributed by atoms with E-state index in [2.05, 4.69) is 48.5 Å². The van der Waals surface area contributed by atoms with Gasteiger partial charge in [0.15, 0.2) is 12.2 Å². The van der Waals surface area contributed by atoms with Crippen molar-refractivity contribution < 1.29 is 80.2 Å². The minimum Gasteiger partial charge on any atom is -0.462 e. The third-order valence-corrected chi connectivity index (χ3v) is 21.1. The van der Waals surface area contributed by atoms with Crippen LogP contribution in [0.4, 0.5) is 0 Å². The van der Waals surface area contributed by atoms with Gasteiger partial charge in [0.2, 0.25) is 0 Å². The Labute approximate surface area is 613 Å². The SMILES string of the molecule is CCCCCCCCCCCCCCCCCCC(=O)OC[C@H](COP(=O)(O)OC[C@@H](O)COP(=O)(O)OC[C@@H](COC(=O)CCCCCCCCCCC(C)C)OC(=O)CCCCCCCCCCCCC(C)CC)OC(=O)CCCCCCCCCCCCCCCCCCC(C)C. The van der Waals surface area contributed by atoms with Crippen LogP contribution in [0.1, 0.15) is 421 Å². The summed E-state index contributed by atoms with van der Waals surface area (Å²) in [7, 11) is -9.92. The molecule has 0 aliphatic rings. The number of ether oxygens (including phenoxy) is 4. The third kappa shape index (κ3) is 73.0. The number of hydrogen-bond donors (Lipinski definition) is 3. The van der Waals surface area contributed by atoms with E-state index >= 15 is 0 Å². The zero-order valence-corrected chi connectivity index (χ0v) is 67.5. The van der Waals surface area contributed by atoms with Crippen LogP contribution in [-0.4, -0.2) is 96.7 Å². The molecule has 19 heteroatoms. The predicted octanol–water partition coefficient (Wildman–Crippen LogP) is 24.1. The van der Waals surface area contributed by atoms with Gasteiger partial charge in [0.25, 0.3) is 0 Å². The molecule has 0 heterocycles. The predicted molar refractivity (Wildman–Crippen MR) is 409 cm³/mol. The number of carbonyl (C=O) groups excluding carboxylic acids is 4. The van der Waals surface area contributed by atoms with E-state index < -0.39 is 97.5 Å². The second-order valence-electron chi connectivity index (χ2n) is 30.4. The largest absolute Gasteiger partial charge is 0.472 e. The summed E-state index contributed by atoms with van der Waals surface area (Å²) >= 11 is 0. The summed E-state index contributed by atoms with van der Waals surface area (Å²) in [6, 6.07) is 0. The van der Waals surface area contributed by atoms with Gasteiger partial charge in [-0.2, -0.15) is 0 Å². The first-order chi connectivity index (χ1) is 48.3. The molecule has 0 fully saturated rings. The van der Waals surface area contributed by atoms with E-state index in [1.54, 1.807) is 0 Å². The fourth-order valence-corrected chi connectivity index (χ4v) is 14.0. The first kappa shape index (κ1) is 98.1. The van der Waals surface area contributed by atoms with Gasteiger partial charge in [-0.1, -0.05) is 370 Å². The van der Waals surface area contributed by atoms with E-state index in [0.717, 1.165) is 108 Å². The highest BCUT2D eigenvalue weighted by Gasteiger charge is 2.30. The molecule has 0 aliphatic heterocycles. The molecule has 3 N–H and O–H groups in total. The topological polar surface area (TPSA) is 237 Å². The van der Waals surface area contributed by atoms with Crippen molar-refractivity contribution in [1.29, 1.82) is 0 Å². The minimum absolute atomic E-state index is 0.106. The van der Waals surface area contributed by atoms with Gasteiger partial charge in [-0.3, -0.25) is 37.3 Å². The first-order valence-corrected chi connectivity index (χ1v) is 44.9. The fourth-order valence-electron chi connectivity index (χ4n) is 12.5. The maximum absolute atomic E-state index is 13.1. The zero-order valence-electron chi connectivity index (χ0n) is 65.7.